The Balaban J connectivity index is 1.74. The summed E-state index contributed by atoms with van der Waals surface area (Å²) in [6.07, 6.45) is 2.55. The Morgan fingerprint density at radius 3 is 2.85 bits per heavy atom. The molecule has 1 fully saturated rings. The zero-order valence-corrected chi connectivity index (χ0v) is 11.9. The van der Waals surface area contributed by atoms with Crippen molar-refractivity contribution < 1.29 is 4.79 Å². The van der Waals surface area contributed by atoms with Gasteiger partial charge in [0.1, 0.15) is 5.69 Å². The number of rotatable bonds is 1. The monoisotopic (exact) mass is 272 g/mol. The third kappa shape index (κ3) is 2.44. The first kappa shape index (κ1) is 13.2. The number of aryl methyl sites for hydroxylation is 1. The highest BCUT2D eigenvalue weighted by Crippen LogP contribution is 2.26. The van der Waals surface area contributed by atoms with Gasteiger partial charge in [0.05, 0.1) is 12.0 Å². The molecular weight excluding hydrogens is 252 g/mol. The molecule has 1 aliphatic carbocycles. The largest absolute Gasteiger partial charge is 0.354 e. The van der Waals surface area contributed by atoms with Gasteiger partial charge in [-0.1, -0.05) is 0 Å². The van der Waals surface area contributed by atoms with Gasteiger partial charge < -0.3 is 14.8 Å². The minimum absolute atomic E-state index is 0.0982. The van der Waals surface area contributed by atoms with Gasteiger partial charge in [-0.15, -0.1) is 0 Å². The van der Waals surface area contributed by atoms with Crippen LogP contribution in [0.2, 0.25) is 0 Å². The van der Waals surface area contributed by atoms with Crippen molar-refractivity contribution in [3.05, 3.63) is 23.0 Å². The molecule has 0 spiro atoms. The molecule has 1 aromatic heterocycles. The molecule has 2 heterocycles. The fourth-order valence-electron chi connectivity index (χ4n) is 3.04. The highest BCUT2D eigenvalue weighted by molar-refractivity contribution is 5.93. The van der Waals surface area contributed by atoms with Crippen LogP contribution in [0.5, 0.6) is 0 Å². The number of piperazine rings is 1. The molecule has 1 atom stereocenters. The third-order valence-corrected chi connectivity index (χ3v) is 4.40. The first-order valence-electron chi connectivity index (χ1n) is 7.25. The van der Waals surface area contributed by atoms with Gasteiger partial charge in [0.2, 0.25) is 0 Å². The van der Waals surface area contributed by atoms with E-state index in [1.54, 1.807) is 0 Å². The van der Waals surface area contributed by atoms with Crippen LogP contribution in [-0.2, 0) is 12.8 Å². The van der Waals surface area contributed by atoms with E-state index in [-0.39, 0.29) is 11.8 Å². The van der Waals surface area contributed by atoms with E-state index in [4.69, 9.17) is 5.26 Å². The maximum Gasteiger partial charge on any atom is 0.270 e. The summed E-state index contributed by atoms with van der Waals surface area (Å²) in [6.45, 7) is 3.45. The average molecular weight is 272 g/mol. The van der Waals surface area contributed by atoms with Crippen molar-refractivity contribution in [1.82, 2.24) is 14.8 Å². The zero-order valence-electron chi connectivity index (χ0n) is 11.9. The lowest BCUT2D eigenvalue weighted by Gasteiger charge is -2.32. The second kappa shape index (κ2) is 5.29. The first-order chi connectivity index (χ1) is 9.67. The Hall–Kier alpha value is -1.80. The number of nitrogens with one attached hydrogen (secondary N) is 1. The normalized spacial score (nSPS) is 23.2. The fraction of sp³-hybridized carbons (Fsp3) is 0.600. The number of fused-ring (bicyclic) bond motifs is 1. The van der Waals surface area contributed by atoms with Crippen LogP contribution in [0.3, 0.4) is 0 Å². The number of aromatic amines is 1. The lowest BCUT2D eigenvalue weighted by atomic mass is 9.89. The van der Waals surface area contributed by atoms with Crippen molar-refractivity contribution in [1.29, 1.82) is 5.26 Å². The highest BCUT2D eigenvalue weighted by Gasteiger charge is 2.25. The van der Waals surface area contributed by atoms with Gasteiger partial charge >= 0.3 is 0 Å². The van der Waals surface area contributed by atoms with Crippen LogP contribution in [0.15, 0.2) is 6.07 Å². The number of nitriles is 1. The predicted molar refractivity (Wildman–Crippen MR) is 75.3 cm³/mol. The maximum atomic E-state index is 12.5. The summed E-state index contributed by atoms with van der Waals surface area (Å²) in [5.74, 6) is 0.200. The molecule has 0 radical (unpaired) electrons. The first-order valence-corrected chi connectivity index (χ1v) is 7.25. The number of carbonyl (C=O) groups excluding carboxylic acids is 1. The minimum atomic E-state index is 0.0982. The smallest absolute Gasteiger partial charge is 0.270 e. The lowest BCUT2D eigenvalue weighted by molar-refractivity contribution is 0.0658. The number of amides is 1. The molecule has 0 aromatic carbocycles. The number of likely N-dealkylation sites (N-methyl/N-ethyl adjacent to an activating group) is 1. The molecule has 2 aliphatic rings. The number of carbonyl (C=O) groups is 1. The van der Waals surface area contributed by atoms with Crippen LogP contribution in [0, 0.1) is 17.2 Å². The molecule has 1 aromatic rings. The van der Waals surface area contributed by atoms with E-state index >= 15 is 0 Å². The van der Waals surface area contributed by atoms with Crippen molar-refractivity contribution in [2.24, 2.45) is 5.92 Å². The van der Waals surface area contributed by atoms with Gasteiger partial charge in [-0.3, -0.25) is 4.79 Å². The van der Waals surface area contributed by atoms with Crippen LogP contribution in [0.1, 0.15) is 28.2 Å². The summed E-state index contributed by atoms with van der Waals surface area (Å²) < 4.78 is 0. The van der Waals surface area contributed by atoms with E-state index in [1.807, 2.05) is 11.0 Å². The summed E-state index contributed by atoms with van der Waals surface area (Å²) in [6, 6.07) is 4.29. The Labute approximate surface area is 119 Å². The van der Waals surface area contributed by atoms with Gasteiger partial charge in [0.15, 0.2) is 0 Å². The van der Waals surface area contributed by atoms with E-state index in [0.717, 1.165) is 56.7 Å². The van der Waals surface area contributed by atoms with E-state index in [2.05, 4.69) is 23.0 Å². The Bertz CT molecular complexity index is 549. The summed E-state index contributed by atoms with van der Waals surface area (Å²) in [4.78, 5) is 19.9. The Morgan fingerprint density at radius 1 is 1.40 bits per heavy atom. The van der Waals surface area contributed by atoms with Gasteiger partial charge in [0.25, 0.3) is 5.91 Å². The van der Waals surface area contributed by atoms with Gasteiger partial charge in [0, 0.05) is 31.9 Å². The van der Waals surface area contributed by atoms with Gasteiger partial charge in [-0.2, -0.15) is 5.26 Å². The fourth-order valence-corrected chi connectivity index (χ4v) is 3.04. The summed E-state index contributed by atoms with van der Waals surface area (Å²) >= 11 is 0. The van der Waals surface area contributed by atoms with Crippen molar-refractivity contribution >= 4 is 5.91 Å². The SMILES string of the molecule is CN1CCN(C(=O)c2cc3c([nH]2)CCC(C#N)C3)CC1. The molecule has 5 heteroatoms. The standard InChI is InChI=1S/C15H20N4O/c1-18-4-6-19(7-5-18)15(20)14-9-12-8-11(10-16)2-3-13(12)17-14/h9,11,17H,2-8H2,1H3. The summed E-state index contributed by atoms with van der Waals surface area (Å²) in [5, 5.41) is 9.02. The van der Waals surface area contributed by atoms with E-state index < -0.39 is 0 Å². The van der Waals surface area contributed by atoms with E-state index in [9.17, 15) is 4.79 Å². The number of hydrogen-bond acceptors (Lipinski definition) is 3. The van der Waals surface area contributed by atoms with Crippen molar-refractivity contribution in [3.63, 3.8) is 0 Å². The quantitative estimate of drug-likeness (QED) is 0.830. The molecule has 20 heavy (non-hydrogen) atoms. The number of aromatic nitrogens is 1. The Morgan fingerprint density at radius 2 is 2.15 bits per heavy atom. The molecule has 1 aliphatic heterocycles. The van der Waals surface area contributed by atoms with E-state index in [0.29, 0.717) is 5.69 Å². The van der Waals surface area contributed by atoms with Crippen LogP contribution in [-0.4, -0.2) is 53.9 Å². The predicted octanol–water partition coefficient (Wildman–Crippen LogP) is 1.03. The molecule has 1 saturated heterocycles. The maximum absolute atomic E-state index is 12.5. The average Bonchev–Trinajstić information content (AvgIpc) is 2.90. The van der Waals surface area contributed by atoms with Gasteiger partial charge in [-0.25, -0.2) is 0 Å². The van der Waals surface area contributed by atoms with Crippen molar-refractivity contribution in [2.45, 2.75) is 19.3 Å². The summed E-state index contributed by atoms with van der Waals surface area (Å²) in [7, 11) is 2.08. The Kier molecular flexibility index (Phi) is 3.49. The molecule has 0 saturated carbocycles. The van der Waals surface area contributed by atoms with Crippen LogP contribution in [0.4, 0.5) is 0 Å². The topological polar surface area (TPSA) is 63.1 Å². The second-order valence-electron chi connectivity index (χ2n) is 5.85. The molecule has 0 bridgehead atoms. The molecule has 1 amide bonds. The zero-order chi connectivity index (χ0) is 14.1. The molecule has 106 valence electrons. The number of H-pyrrole nitrogens is 1. The van der Waals surface area contributed by atoms with Crippen LogP contribution < -0.4 is 0 Å². The lowest BCUT2D eigenvalue weighted by Crippen LogP contribution is -2.47. The molecule has 5 nitrogen and oxygen atoms in total. The molecule has 1 N–H and O–H groups in total. The van der Waals surface area contributed by atoms with Gasteiger partial charge in [-0.05, 0) is 37.9 Å². The van der Waals surface area contributed by atoms with E-state index in [1.165, 1.54) is 0 Å². The number of nitrogens with zero attached hydrogens (tertiary/aromatic N) is 3. The van der Waals surface area contributed by atoms with Crippen LogP contribution in [0.25, 0.3) is 0 Å². The highest BCUT2D eigenvalue weighted by atomic mass is 16.2. The second-order valence-corrected chi connectivity index (χ2v) is 5.85. The van der Waals surface area contributed by atoms with Crippen molar-refractivity contribution in [3.8, 4) is 6.07 Å². The van der Waals surface area contributed by atoms with Crippen LogP contribution >= 0.6 is 0 Å². The molecule has 1 unspecified atom stereocenters. The van der Waals surface area contributed by atoms with Crippen molar-refractivity contribution in [2.75, 3.05) is 33.2 Å². The minimum Gasteiger partial charge on any atom is -0.354 e. The molecular formula is C15H20N4O. The third-order valence-electron chi connectivity index (χ3n) is 4.40. The molecule has 3 rings (SSSR count). The number of hydrogen-bond donors (Lipinski definition) is 1. The summed E-state index contributed by atoms with van der Waals surface area (Å²) in [5.41, 5.74) is 2.99.